The van der Waals surface area contributed by atoms with Gasteiger partial charge in [0.05, 0.1) is 0 Å². The van der Waals surface area contributed by atoms with Crippen LogP contribution in [0.3, 0.4) is 0 Å². The number of aliphatic hydroxyl groups is 1. The van der Waals surface area contributed by atoms with Crippen LogP contribution in [0.5, 0.6) is 0 Å². The molecule has 0 saturated carbocycles. The molecule has 0 radical (unpaired) electrons. The Balaban J connectivity index is 2.58. The van der Waals surface area contributed by atoms with Gasteiger partial charge in [-0.3, -0.25) is 0 Å². The smallest absolute Gasteiger partial charge is 0.0465 e. The molecule has 0 heterocycles. The van der Waals surface area contributed by atoms with Crippen molar-refractivity contribution in [2.24, 2.45) is 0 Å². The van der Waals surface area contributed by atoms with Crippen LogP contribution in [-0.2, 0) is 6.42 Å². The molecule has 0 aliphatic carbocycles. The molecule has 0 aliphatic heterocycles. The molecule has 1 aromatic carbocycles. The predicted octanol–water partition coefficient (Wildman–Crippen LogP) is 2.64. The lowest BCUT2D eigenvalue weighted by atomic mass is 10.1. The van der Waals surface area contributed by atoms with Crippen molar-refractivity contribution < 1.29 is 5.11 Å². The fourth-order valence-corrected chi connectivity index (χ4v) is 1.16. The quantitative estimate of drug-likeness (QED) is 0.747. The van der Waals surface area contributed by atoms with Crippen LogP contribution in [0, 0.1) is 0 Å². The third kappa shape index (κ3) is 3.43. The first-order chi connectivity index (χ1) is 6.36. The van der Waals surface area contributed by atoms with E-state index in [0.29, 0.717) is 0 Å². The maximum absolute atomic E-state index is 8.58. The zero-order valence-electron chi connectivity index (χ0n) is 8.03. The summed E-state index contributed by atoms with van der Waals surface area (Å²) in [6, 6.07) is 8.48. The van der Waals surface area contributed by atoms with Crippen LogP contribution in [0.2, 0.25) is 0 Å². The molecule has 1 nitrogen and oxygen atoms in total. The van der Waals surface area contributed by atoms with Gasteiger partial charge in [-0.25, -0.2) is 0 Å². The summed E-state index contributed by atoms with van der Waals surface area (Å²) in [7, 11) is 0. The van der Waals surface area contributed by atoms with E-state index in [2.05, 4.69) is 31.2 Å². The van der Waals surface area contributed by atoms with Gasteiger partial charge in [0.15, 0.2) is 0 Å². The van der Waals surface area contributed by atoms with Crippen molar-refractivity contribution in [3.05, 3.63) is 41.5 Å². The zero-order chi connectivity index (χ0) is 9.52. The lowest BCUT2D eigenvalue weighted by Gasteiger charge is -1.96. The first kappa shape index (κ1) is 10.0. The third-order valence-corrected chi connectivity index (χ3v) is 1.99. The Morgan fingerprint density at radius 1 is 1.23 bits per heavy atom. The summed E-state index contributed by atoms with van der Waals surface area (Å²) in [4.78, 5) is 0. The molecule has 0 atom stereocenters. The number of rotatable bonds is 4. The highest BCUT2D eigenvalue weighted by Crippen LogP contribution is 2.06. The van der Waals surface area contributed by atoms with Crippen LogP contribution >= 0.6 is 0 Å². The Morgan fingerprint density at radius 2 is 1.92 bits per heavy atom. The van der Waals surface area contributed by atoms with Gasteiger partial charge in [0.1, 0.15) is 0 Å². The van der Waals surface area contributed by atoms with E-state index in [9.17, 15) is 0 Å². The Kier molecular flexibility index (Phi) is 4.27. The first-order valence-electron chi connectivity index (χ1n) is 4.73. The Morgan fingerprint density at radius 3 is 2.46 bits per heavy atom. The standard InChI is InChI=1S/C12H16O/c1-2-11-6-8-12(9-7-11)5-3-4-10-13/h3,5-9,13H,2,4,10H2,1H3. The number of hydrogen-bond donors (Lipinski definition) is 1. The predicted molar refractivity (Wildman–Crippen MR) is 56.6 cm³/mol. The summed E-state index contributed by atoms with van der Waals surface area (Å²) in [6.07, 6.45) is 5.84. The van der Waals surface area contributed by atoms with E-state index in [4.69, 9.17) is 5.11 Å². The minimum atomic E-state index is 0.226. The maximum Gasteiger partial charge on any atom is 0.0465 e. The van der Waals surface area contributed by atoms with Crippen LogP contribution in [0.15, 0.2) is 30.3 Å². The van der Waals surface area contributed by atoms with E-state index in [1.807, 2.05) is 12.2 Å². The monoisotopic (exact) mass is 176 g/mol. The summed E-state index contributed by atoms with van der Waals surface area (Å²) in [6.45, 7) is 2.38. The van der Waals surface area contributed by atoms with Crippen LogP contribution < -0.4 is 0 Å². The molecule has 0 bridgehead atoms. The largest absolute Gasteiger partial charge is 0.396 e. The second-order valence-corrected chi connectivity index (χ2v) is 3.01. The topological polar surface area (TPSA) is 20.2 Å². The second kappa shape index (κ2) is 5.55. The highest BCUT2D eigenvalue weighted by atomic mass is 16.2. The van der Waals surface area contributed by atoms with Gasteiger partial charge in [-0.1, -0.05) is 43.3 Å². The summed E-state index contributed by atoms with van der Waals surface area (Å²) in [5.41, 5.74) is 2.56. The van der Waals surface area contributed by atoms with Gasteiger partial charge < -0.3 is 5.11 Å². The Bertz CT molecular complexity index is 259. The molecule has 1 aromatic rings. The molecule has 0 spiro atoms. The Labute approximate surface area is 79.7 Å². The van der Waals surface area contributed by atoms with Gasteiger partial charge >= 0.3 is 0 Å². The number of benzene rings is 1. The number of aliphatic hydroxyl groups excluding tert-OH is 1. The molecule has 0 aromatic heterocycles. The first-order valence-corrected chi connectivity index (χ1v) is 4.73. The van der Waals surface area contributed by atoms with Crippen LogP contribution in [0.4, 0.5) is 0 Å². The molecule has 1 N–H and O–H groups in total. The maximum atomic E-state index is 8.58. The van der Waals surface area contributed by atoms with Gasteiger partial charge in [0.25, 0.3) is 0 Å². The second-order valence-electron chi connectivity index (χ2n) is 3.01. The zero-order valence-corrected chi connectivity index (χ0v) is 8.03. The summed E-state index contributed by atoms with van der Waals surface area (Å²) < 4.78 is 0. The average molecular weight is 176 g/mol. The molecule has 70 valence electrons. The van der Waals surface area contributed by atoms with E-state index in [0.717, 1.165) is 12.8 Å². The van der Waals surface area contributed by atoms with Crippen molar-refractivity contribution >= 4 is 6.08 Å². The minimum absolute atomic E-state index is 0.226. The van der Waals surface area contributed by atoms with Gasteiger partial charge in [0.2, 0.25) is 0 Å². The number of aryl methyl sites for hydroxylation is 1. The molecule has 0 fully saturated rings. The molecular weight excluding hydrogens is 160 g/mol. The molecule has 0 unspecified atom stereocenters. The van der Waals surface area contributed by atoms with E-state index in [1.54, 1.807) is 0 Å². The van der Waals surface area contributed by atoms with Crippen molar-refractivity contribution in [2.45, 2.75) is 19.8 Å². The van der Waals surface area contributed by atoms with Crippen molar-refractivity contribution in [1.82, 2.24) is 0 Å². The van der Waals surface area contributed by atoms with Crippen LogP contribution in [-0.4, -0.2) is 11.7 Å². The van der Waals surface area contributed by atoms with E-state index >= 15 is 0 Å². The lowest BCUT2D eigenvalue weighted by molar-refractivity contribution is 0.303. The van der Waals surface area contributed by atoms with Crippen LogP contribution in [0.1, 0.15) is 24.5 Å². The van der Waals surface area contributed by atoms with Crippen LogP contribution in [0.25, 0.3) is 6.08 Å². The molecule has 0 aliphatic rings. The van der Waals surface area contributed by atoms with Crippen molar-refractivity contribution in [3.8, 4) is 0 Å². The van der Waals surface area contributed by atoms with Gasteiger partial charge in [0, 0.05) is 6.61 Å². The fourth-order valence-electron chi connectivity index (χ4n) is 1.16. The number of hydrogen-bond acceptors (Lipinski definition) is 1. The van der Waals surface area contributed by atoms with Gasteiger partial charge in [-0.15, -0.1) is 0 Å². The molecule has 0 saturated heterocycles. The molecule has 0 amide bonds. The molecule has 1 rings (SSSR count). The van der Waals surface area contributed by atoms with Gasteiger partial charge in [-0.2, -0.15) is 0 Å². The SMILES string of the molecule is CCc1ccc(C=CCCO)cc1. The fraction of sp³-hybridized carbons (Fsp3) is 0.333. The summed E-state index contributed by atoms with van der Waals surface area (Å²) in [5.74, 6) is 0. The molecular formula is C12H16O. The van der Waals surface area contributed by atoms with Crippen molar-refractivity contribution in [2.75, 3.05) is 6.61 Å². The highest BCUT2D eigenvalue weighted by molar-refractivity contribution is 5.49. The summed E-state index contributed by atoms with van der Waals surface area (Å²) in [5, 5.41) is 8.58. The van der Waals surface area contributed by atoms with Crippen molar-refractivity contribution in [3.63, 3.8) is 0 Å². The third-order valence-electron chi connectivity index (χ3n) is 1.99. The Hall–Kier alpha value is -1.08. The van der Waals surface area contributed by atoms with E-state index in [-0.39, 0.29) is 6.61 Å². The van der Waals surface area contributed by atoms with Gasteiger partial charge in [-0.05, 0) is 24.0 Å². The molecule has 13 heavy (non-hydrogen) atoms. The van der Waals surface area contributed by atoms with E-state index < -0.39 is 0 Å². The molecule has 1 heteroatoms. The van der Waals surface area contributed by atoms with E-state index in [1.165, 1.54) is 11.1 Å². The normalized spacial score (nSPS) is 10.9. The average Bonchev–Trinajstić information content (AvgIpc) is 2.19. The van der Waals surface area contributed by atoms with Crippen molar-refractivity contribution in [1.29, 1.82) is 0 Å². The summed E-state index contributed by atoms with van der Waals surface area (Å²) >= 11 is 0. The minimum Gasteiger partial charge on any atom is -0.396 e. The highest BCUT2D eigenvalue weighted by Gasteiger charge is 1.88. The lowest BCUT2D eigenvalue weighted by Crippen LogP contribution is -1.80.